The number of benzene rings is 2. The zero-order valence-corrected chi connectivity index (χ0v) is 14.5. The number of amides is 1. The fraction of sp³-hybridized carbons (Fsp3) is 0.278. The number of carbonyl (C=O) groups is 1. The number of anilines is 1. The molecule has 2 rings (SSSR count). The first-order valence-corrected chi connectivity index (χ1v) is 8.68. The molecular formula is C18H20FNO3S. The summed E-state index contributed by atoms with van der Waals surface area (Å²) < 4.78 is 23.9. The highest BCUT2D eigenvalue weighted by Gasteiger charge is 2.09. The standard InChI is InChI=1S/C18H20FNO3S/c1-3-22-16-10-7-14(11-17(16)23-4-2)20-18(21)12-24-15-8-5-13(19)6-9-15/h5-11H,3-4,12H2,1-2H3,(H,20,21). The molecule has 0 aromatic heterocycles. The van der Waals surface area contributed by atoms with Crippen molar-refractivity contribution in [3.05, 3.63) is 48.3 Å². The number of hydrogen-bond acceptors (Lipinski definition) is 4. The SMILES string of the molecule is CCOc1ccc(NC(=O)CSc2ccc(F)cc2)cc1OCC. The first-order valence-electron chi connectivity index (χ1n) is 7.70. The van der Waals surface area contributed by atoms with Crippen molar-refractivity contribution in [1.29, 1.82) is 0 Å². The largest absolute Gasteiger partial charge is 0.490 e. The number of ether oxygens (including phenoxy) is 2. The van der Waals surface area contributed by atoms with E-state index in [0.717, 1.165) is 4.90 Å². The lowest BCUT2D eigenvalue weighted by Gasteiger charge is -2.13. The maximum atomic E-state index is 12.9. The summed E-state index contributed by atoms with van der Waals surface area (Å²) in [7, 11) is 0. The molecule has 0 fully saturated rings. The van der Waals surface area contributed by atoms with Gasteiger partial charge in [0.1, 0.15) is 5.82 Å². The minimum atomic E-state index is -0.290. The lowest BCUT2D eigenvalue weighted by molar-refractivity contribution is -0.113. The molecule has 2 aromatic rings. The summed E-state index contributed by atoms with van der Waals surface area (Å²) in [5.74, 6) is 1.06. The van der Waals surface area contributed by atoms with E-state index in [1.54, 1.807) is 30.3 Å². The Morgan fingerprint density at radius 2 is 1.71 bits per heavy atom. The van der Waals surface area contributed by atoms with Crippen molar-refractivity contribution in [3.63, 3.8) is 0 Å². The molecule has 128 valence electrons. The molecule has 0 atom stereocenters. The van der Waals surface area contributed by atoms with E-state index in [1.165, 1.54) is 23.9 Å². The van der Waals surface area contributed by atoms with Crippen molar-refractivity contribution in [2.45, 2.75) is 18.7 Å². The Hall–Kier alpha value is -2.21. The molecule has 6 heteroatoms. The van der Waals surface area contributed by atoms with Gasteiger partial charge in [-0.3, -0.25) is 4.79 Å². The summed E-state index contributed by atoms with van der Waals surface area (Å²) >= 11 is 1.35. The molecule has 24 heavy (non-hydrogen) atoms. The van der Waals surface area contributed by atoms with Crippen LogP contribution >= 0.6 is 11.8 Å². The minimum Gasteiger partial charge on any atom is -0.490 e. The number of halogens is 1. The molecule has 0 spiro atoms. The van der Waals surface area contributed by atoms with Gasteiger partial charge in [-0.25, -0.2) is 4.39 Å². The van der Waals surface area contributed by atoms with Crippen molar-refractivity contribution in [2.75, 3.05) is 24.3 Å². The van der Waals surface area contributed by atoms with E-state index < -0.39 is 0 Å². The third-order valence-electron chi connectivity index (χ3n) is 3.01. The molecule has 0 aliphatic heterocycles. The second kappa shape index (κ2) is 9.17. The van der Waals surface area contributed by atoms with Crippen LogP contribution in [-0.4, -0.2) is 24.9 Å². The van der Waals surface area contributed by atoms with Crippen molar-refractivity contribution < 1.29 is 18.7 Å². The summed E-state index contributed by atoms with van der Waals surface area (Å²) in [5, 5.41) is 2.82. The zero-order chi connectivity index (χ0) is 17.4. The maximum Gasteiger partial charge on any atom is 0.234 e. The number of hydrogen-bond donors (Lipinski definition) is 1. The highest BCUT2D eigenvalue weighted by atomic mass is 32.2. The van der Waals surface area contributed by atoms with Crippen LogP contribution in [0.4, 0.5) is 10.1 Å². The molecule has 1 amide bonds. The molecule has 0 saturated carbocycles. The monoisotopic (exact) mass is 349 g/mol. The molecule has 0 bridgehead atoms. The number of carbonyl (C=O) groups excluding carboxylic acids is 1. The van der Waals surface area contributed by atoms with Crippen LogP contribution < -0.4 is 14.8 Å². The van der Waals surface area contributed by atoms with Gasteiger partial charge >= 0.3 is 0 Å². The second-order valence-electron chi connectivity index (χ2n) is 4.82. The quantitative estimate of drug-likeness (QED) is 0.720. The van der Waals surface area contributed by atoms with E-state index in [4.69, 9.17) is 9.47 Å². The Balaban J connectivity index is 1.95. The Labute approximate surface area is 145 Å². The lowest BCUT2D eigenvalue weighted by atomic mass is 10.2. The third kappa shape index (κ3) is 5.45. The predicted octanol–water partition coefficient (Wildman–Crippen LogP) is 4.35. The lowest BCUT2D eigenvalue weighted by Crippen LogP contribution is -2.14. The van der Waals surface area contributed by atoms with Crippen LogP contribution in [0.3, 0.4) is 0 Å². The average molecular weight is 349 g/mol. The van der Waals surface area contributed by atoms with E-state index in [1.807, 2.05) is 13.8 Å². The normalized spacial score (nSPS) is 10.3. The van der Waals surface area contributed by atoms with Gasteiger partial charge in [0, 0.05) is 16.6 Å². The van der Waals surface area contributed by atoms with Crippen LogP contribution in [0.5, 0.6) is 11.5 Å². The van der Waals surface area contributed by atoms with Gasteiger partial charge in [0.25, 0.3) is 0 Å². The number of nitrogens with one attached hydrogen (secondary N) is 1. The summed E-state index contributed by atoms with van der Waals surface area (Å²) in [6.07, 6.45) is 0. The molecule has 1 N–H and O–H groups in total. The Bertz CT molecular complexity index is 676. The van der Waals surface area contributed by atoms with Crippen LogP contribution in [-0.2, 0) is 4.79 Å². The van der Waals surface area contributed by atoms with Gasteiger partial charge in [-0.15, -0.1) is 11.8 Å². The first kappa shape index (κ1) is 18.1. The molecule has 0 saturated heterocycles. The second-order valence-corrected chi connectivity index (χ2v) is 5.87. The van der Waals surface area contributed by atoms with Gasteiger partial charge in [-0.05, 0) is 50.2 Å². The van der Waals surface area contributed by atoms with Gasteiger partial charge in [0.15, 0.2) is 11.5 Å². The number of thioether (sulfide) groups is 1. The fourth-order valence-electron chi connectivity index (χ4n) is 2.01. The molecule has 2 aromatic carbocycles. The van der Waals surface area contributed by atoms with E-state index >= 15 is 0 Å². The highest BCUT2D eigenvalue weighted by molar-refractivity contribution is 8.00. The van der Waals surface area contributed by atoms with Gasteiger partial charge in [0.05, 0.1) is 19.0 Å². The molecule has 0 radical (unpaired) electrons. The van der Waals surface area contributed by atoms with Crippen molar-refractivity contribution >= 4 is 23.4 Å². The maximum absolute atomic E-state index is 12.9. The molecule has 0 aliphatic rings. The van der Waals surface area contributed by atoms with Gasteiger partial charge < -0.3 is 14.8 Å². The van der Waals surface area contributed by atoms with Crippen molar-refractivity contribution in [3.8, 4) is 11.5 Å². The van der Waals surface area contributed by atoms with E-state index in [9.17, 15) is 9.18 Å². The zero-order valence-electron chi connectivity index (χ0n) is 13.7. The Morgan fingerprint density at radius 3 is 2.38 bits per heavy atom. The first-order chi connectivity index (χ1) is 11.6. The highest BCUT2D eigenvalue weighted by Crippen LogP contribution is 2.30. The molecular weight excluding hydrogens is 329 g/mol. The minimum absolute atomic E-state index is 0.143. The van der Waals surface area contributed by atoms with Crippen LogP contribution in [0.25, 0.3) is 0 Å². The molecule has 0 heterocycles. The van der Waals surface area contributed by atoms with Crippen molar-refractivity contribution in [1.82, 2.24) is 0 Å². The summed E-state index contributed by atoms with van der Waals surface area (Å²) in [6, 6.07) is 11.3. The average Bonchev–Trinajstić information content (AvgIpc) is 2.57. The van der Waals surface area contributed by atoms with E-state index in [0.29, 0.717) is 30.4 Å². The van der Waals surface area contributed by atoms with Crippen LogP contribution in [0.15, 0.2) is 47.4 Å². The topological polar surface area (TPSA) is 47.6 Å². The summed E-state index contributed by atoms with van der Waals surface area (Å²) in [5.41, 5.74) is 0.645. The predicted molar refractivity (Wildman–Crippen MR) is 94.5 cm³/mol. The molecule has 0 aliphatic carbocycles. The van der Waals surface area contributed by atoms with Crippen LogP contribution in [0.2, 0.25) is 0 Å². The van der Waals surface area contributed by atoms with E-state index in [2.05, 4.69) is 5.32 Å². The fourth-order valence-corrected chi connectivity index (χ4v) is 2.70. The Kier molecular flexibility index (Phi) is 6.93. The van der Waals surface area contributed by atoms with Gasteiger partial charge in [0.2, 0.25) is 5.91 Å². The molecule has 0 unspecified atom stereocenters. The van der Waals surface area contributed by atoms with Crippen molar-refractivity contribution in [2.24, 2.45) is 0 Å². The van der Waals surface area contributed by atoms with Crippen LogP contribution in [0, 0.1) is 5.82 Å². The molecule has 4 nitrogen and oxygen atoms in total. The third-order valence-corrected chi connectivity index (χ3v) is 4.02. The van der Waals surface area contributed by atoms with Gasteiger partial charge in [-0.1, -0.05) is 0 Å². The summed E-state index contributed by atoms with van der Waals surface area (Å²) in [4.78, 5) is 12.9. The van der Waals surface area contributed by atoms with E-state index in [-0.39, 0.29) is 17.5 Å². The van der Waals surface area contributed by atoms with Gasteiger partial charge in [-0.2, -0.15) is 0 Å². The Morgan fingerprint density at radius 1 is 1.04 bits per heavy atom. The smallest absolute Gasteiger partial charge is 0.234 e. The van der Waals surface area contributed by atoms with Crippen LogP contribution in [0.1, 0.15) is 13.8 Å². The number of rotatable bonds is 8. The summed E-state index contributed by atoms with van der Waals surface area (Å²) in [6.45, 7) is 4.84.